The van der Waals surface area contributed by atoms with Gasteiger partial charge in [-0.25, -0.2) is 9.18 Å². The minimum absolute atomic E-state index is 0.0223. The Morgan fingerprint density at radius 3 is 2.61 bits per heavy atom. The third kappa shape index (κ3) is 2.47. The zero-order valence-electron chi connectivity index (χ0n) is 10.6. The Kier molecular flexibility index (Phi) is 3.55. The molecule has 1 fully saturated rings. The van der Waals surface area contributed by atoms with Crippen molar-refractivity contribution in [3.8, 4) is 0 Å². The molecule has 3 unspecified atom stereocenters. The van der Waals surface area contributed by atoms with E-state index in [0.29, 0.717) is 17.5 Å². The second-order valence-electron chi connectivity index (χ2n) is 5.16. The first-order valence-electron chi connectivity index (χ1n) is 6.28. The van der Waals surface area contributed by atoms with E-state index in [1.165, 1.54) is 12.1 Å². The molecule has 4 heteroatoms. The van der Waals surface area contributed by atoms with Crippen LogP contribution in [0, 0.1) is 17.7 Å². The van der Waals surface area contributed by atoms with Gasteiger partial charge in [0.05, 0.1) is 11.3 Å². The summed E-state index contributed by atoms with van der Waals surface area (Å²) in [6, 6.07) is 4.27. The first-order valence-corrected chi connectivity index (χ1v) is 6.28. The normalized spacial score (nSPS) is 27.2. The van der Waals surface area contributed by atoms with E-state index in [2.05, 4.69) is 19.2 Å². The lowest BCUT2D eigenvalue weighted by molar-refractivity contribution is 0.0696. The topological polar surface area (TPSA) is 49.3 Å². The molecule has 3 nitrogen and oxygen atoms in total. The van der Waals surface area contributed by atoms with Crippen LogP contribution in [0.4, 0.5) is 10.1 Å². The van der Waals surface area contributed by atoms with Crippen molar-refractivity contribution in [1.29, 1.82) is 0 Å². The van der Waals surface area contributed by atoms with Crippen molar-refractivity contribution < 1.29 is 14.3 Å². The van der Waals surface area contributed by atoms with Crippen LogP contribution in [-0.2, 0) is 0 Å². The highest BCUT2D eigenvalue weighted by Gasteiger charge is 2.30. The minimum atomic E-state index is -1.11. The van der Waals surface area contributed by atoms with Gasteiger partial charge in [0.25, 0.3) is 0 Å². The number of carboxylic acid groups (broad SMARTS) is 1. The van der Waals surface area contributed by atoms with E-state index in [1.54, 1.807) is 0 Å². The highest BCUT2D eigenvalue weighted by molar-refractivity contribution is 5.88. The van der Waals surface area contributed by atoms with Gasteiger partial charge in [0.2, 0.25) is 0 Å². The van der Waals surface area contributed by atoms with Crippen molar-refractivity contribution in [2.24, 2.45) is 11.8 Å². The fourth-order valence-electron chi connectivity index (χ4n) is 2.53. The molecule has 3 atom stereocenters. The number of rotatable bonds is 3. The second kappa shape index (κ2) is 4.96. The van der Waals surface area contributed by atoms with Gasteiger partial charge < -0.3 is 10.4 Å². The highest BCUT2D eigenvalue weighted by Crippen LogP contribution is 2.33. The van der Waals surface area contributed by atoms with Crippen LogP contribution in [0.2, 0.25) is 0 Å². The monoisotopic (exact) mass is 251 g/mol. The fraction of sp³-hybridized carbons (Fsp3) is 0.500. The Balaban J connectivity index is 2.13. The third-order valence-electron chi connectivity index (χ3n) is 4.02. The lowest BCUT2D eigenvalue weighted by atomic mass is 9.97. The summed E-state index contributed by atoms with van der Waals surface area (Å²) in [5, 5.41) is 12.0. The molecule has 2 N–H and O–H groups in total. The molecule has 0 aromatic heterocycles. The zero-order valence-corrected chi connectivity index (χ0v) is 10.6. The molecule has 98 valence electrons. The number of carbonyl (C=O) groups is 1. The maximum absolute atomic E-state index is 13.8. The van der Waals surface area contributed by atoms with Gasteiger partial charge in [0.15, 0.2) is 0 Å². The summed E-state index contributed by atoms with van der Waals surface area (Å²) in [7, 11) is 0. The molecular formula is C14H18FNO2. The van der Waals surface area contributed by atoms with Crippen LogP contribution in [0.15, 0.2) is 18.2 Å². The fourth-order valence-corrected chi connectivity index (χ4v) is 2.53. The first kappa shape index (κ1) is 12.9. The second-order valence-corrected chi connectivity index (χ2v) is 5.16. The summed E-state index contributed by atoms with van der Waals surface area (Å²) in [4.78, 5) is 10.7. The van der Waals surface area contributed by atoms with E-state index >= 15 is 0 Å². The number of aromatic carboxylic acids is 1. The van der Waals surface area contributed by atoms with E-state index in [0.717, 1.165) is 18.9 Å². The number of carboxylic acids is 1. The van der Waals surface area contributed by atoms with Gasteiger partial charge >= 0.3 is 5.97 Å². The third-order valence-corrected chi connectivity index (χ3v) is 4.02. The van der Waals surface area contributed by atoms with Crippen molar-refractivity contribution in [3.05, 3.63) is 29.6 Å². The van der Waals surface area contributed by atoms with Crippen molar-refractivity contribution in [3.63, 3.8) is 0 Å². The summed E-state index contributed by atoms with van der Waals surface area (Å²) in [5.41, 5.74) is 0.372. The largest absolute Gasteiger partial charge is 0.478 e. The van der Waals surface area contributed by atoms with Gasteiger partial charge in [0, 0.05) is 6.04 Å². The number of hydrogen-bond acceptors (Lipinski definition) is 2. The molecule has 0 radical (unpaired) electrons. The molecule has 0 aliphatic heterocycles. The number of anilines is 1. The summed E-state index contributed by atoms with van der Waals surface area (Å²) in [5.74, 6) is -0.461. The molecule has 0 amide bonds. The molecular weight excluding hydrogens is 233 g/mol. The van der Waals surface area contributed by atoms with Crippen LogP contribution in [0.5, 0.6) is 0 Å². The molecule has 0 saturated heterocycles. The van der Waals surface area contributed by atoms with E-state index in [4.69, 9.17) is 5.11 Å². The van der Waals surface area contributed by atoms with E-state index < -0.39 is 11.8 Å². The molecule has 1 aliphatic rings. The standard InChI is InChI=1S/C14H18FNO2/c1-8-3-5-12(9(8)2)16-13-6-4-10(14(17)18)7-11(13)15/h4,6-9,12,16H,3,5H2,1-2H3,(H,17,18). The van der Waals surface area contributed by atoms with Gasteiger partial charge in [-0.3, -0.25) is 0 Å². The van der Waals surface area contributed by atoms with Crippen LogP contribution >= 0.6 is 0 Å². The van der Waals surface area contributed by atoms with Crippen molar-refractivity contribution in [1.82, 2.24) is 0 Å². The summed E-state index contributed by atoms with van der Waals surface area (Å²) >= 11 is 0. The quantitative estimate of drug-likeness (QED) is 0.866. The Morgan fingerprint density at radius 1 is 1.39 bits per heavy atom. The van der Waals surface area contributed by atoms with E-state index in [9.17, 15) is 9.18 Å². The van der Waals surface area contributed by atoms with E-state index in [1.807, 2.05) is 0 Å². The summed E-state index contributed by atoms with van der Waals surface area (Å²) < 4.78 is 13.8. The average molecular weight is 251 g/mol. The average Bonchev–Trinajstić information content (AvgIpc) is 2.63. The van der Waals surface area contributed by atoms with Gasteiger partial charge in [-0.15, -0.1) is 0 Å². The van der Waals surface area contributed by atoms with Gasteiger partial charge in [0.1, 0.15) is 5.82 Å². The molecule has 1 aromatic rings. The number of benzene rings is 1. The Morgan fingerprint density at radius 2 is 2.11 bits per heavy atom. The SMILES string of the molecule is CC1CCC(Nc2ccc(C(=O)O)cc2F)C1C. The predicted molar refractivity (Wildman–Crippen MR) is 68.3 cm³/mol. The van der Waals surface area contributed by atoms with E-state index in [-0.39, 0.29) is 11.6 Å². The molecule has 0 heterocycles. The highest BCUT2D eigenvalue weighted by atomic mass is 19.1. The molecule has 0 spiro atoms. The van der Waals surface area contributed by atoms with Crippen LogP contribution < -0.4 is 5.32 Å². The maximum Gasteiger partial charge on any atom is 0.335 e. The van der Waals surface area contributed by atoms with Crippen LogP contribution in [0.25, 0.3) is 0 Å². The smallest absolute Gasteiger partial charge is 0.335 e. The summed E-state index contributed by atoms with van der Waals surface area (Å²) in [6.07, 6.45) is 2.18. The Hall–Kier alpha value is -1.58. The van der Waals surface area contributed by atoms with Crippen molar-refractivity contribution >= 4 is 11.7 Å². The van der Waals surface area contributed by atoms with Crippen LogP contribution in [0.3, 0.4) is 0 Å². The van der Waals surface area contributed by atoms with Gasteiger partial charge in [-0.1, -0.05) is 13.8 Å². The Labute approximate surface area is 106 Å². The molecule has 1 saturated carbocycles. The van der Waals surface area contributed by atoms with Gasteiger partial charge in [-0.2, -0.15) is 0 Å². The van der Waals surface area contributed by atoms with Gasteiger partial charge in [-0.05, 0) is 42.9 Å². The lowest BCUT2D eigenvalue weighted by Crippen LogP contribution is -2.24. The van der Waals surface area contributed by atoms with Crippen LogP contribution in [0.1, 0.15) is 37.0 Å². The molecule has 0 bridgehead atoms. The number of nitrogens with one attached hydrogen (secondary N) is 1. The summed E-state index contributed by atoms with van der Waals surface area (Å²) in [6.45, 7) is 4.37. The van der Waals surface area contributed by atoms with Crippen molar-refractivity contribution in [2.45, 2.75) is 32.7 Å². The first-order chi connectivity index (χ1) is 8.49. The Bertz CT molecular complexity index is 461. The number of halogens is 1. The zero-order chi connectivity index (χ0) is 13.3. The molecule has 1 aliphatic carbocycles. The lowest BCUT2D eigenvalue weighted by Gasteiger charge is -2.21. The maximum atomic E-state index is 13.8. The predicted octanol–water partition coefficient (Wildman–Crippen LogP) is 3.37. The molecule has 2 rings (SSSR count). The minimum Gasteiger partial charge on any atom is -0.478 e. The molecule has 18 heavy (non-hydrogen) atoms. The van der Waals surface area contributed by atoms with Crippen LogP contribution in [-0.4, -0.2) is 17.1 Å². The molecule has 1 aromatic carbocycles. The number of hydrogen-bond donors (Lipinski definition) is 2. The van der Waals surface area contributed by atoms with Crippen molar-refractivity contribution in [2.75, 3.05) is 5.32 Å².